The number of hydrogen-bond donors (Lipinski definition) is 0. The molecule has 6 heteroatoms. The molecule has 3 aromatic rings. The summed E-state index contributed by atoms with van der Waals surface area (Å²) in [6.07, 6.45) is 0.301. The van der Waals surface area contributed by atoms with E-state index in [0.29, 0.717) is 12.3 Å². The summed E-state index contributed by atoms with van der Waals surface area (Å²) in [5.74, 6) is 0.451. The number of halogens is 1. The maximum absolute atomic E-state index is 12.0. The molecule has 1 heterocycles. The summed E-state index contributed by atoms with van der Waals surface area (Å²) < 4.78 is 11.7. The largest absolute Gasteiger partial charge is 0.456 e. The van der Waals surface area contributed by atoms with Crippen molar-refractivity contribution in [2.45, 2.75) is 25.9 Å². The van der Waals surface area contributed by atoms with E-state index < -0.39 is 0 Å². The molecule has 0 aliphatic carbocycles. The third-order valence-electron chi connectivity index (χ3n) is 3.77. The van der Waals surface area contributed by atoms with Crippen LogP contribution >= 0.6 is 15.9 Å². The van der Waals surface area contributed by atoms with Crippen LogP contribution in [0.2, 0.25) is 0 Å². The Balaban J connectivity index is 1.55. The lowest BCUT2D eigenvalue weighted by Gasteiger charge is -2.10. The lowest BCUT2D eigenvalue weighted by molar-refractivity contribution is -0.146. The van der Waals surface area contributed by atoms with Crippen molar-refractivity contribution in [1.82, 2.24) is 10.2 Å². The van der Waals surface area contributed by atoms with Gasteiger partial charge in [-0.05, 0) is 39.5 Å². The molecule has 0 saturated heterocycles. The van der Waals surface area contributed by atoms with Gasteiger partial charge in [-0.2, -0.15) is 0 Å². The molecule has 0 radical (unpaired) electrons. The van der Waals surface area contributed by atoms with Crippen molar-refractivity contribution in [2.75, 3.05) is 0 Å². The van der Waals surface area contributed by atoms with Crippen LogP contribution in [0.4, 0.5) is 0 Å². The molecule has 0 amide bonds. The zero-order valence-corrected chi connectivity index (χ0v) is 15.3. The van der Waals surface area contributed by atoms with Crippen molar-refractivity contribution < 1.29 is 13.9 Å². The molecule has 0 bridgehead atoms. The van der Waals surface area contributed by atoms with Crippen LogP contribution in [-0.2, 0) is 16.1 Å². The molecule has 3 rings (SSSR count). The Kier molecular flexibility index (Phi) is 5.60. The highest BCUT2D eigenvalue weighted by atomic mass is 79.9. The van der Waals surface area contributed by atoms with E-state index in [1.54, 1.807) is 0 Å². The zero-order valence-electron chi connectivity index (χ0n) is 13.7. The number of hydrogen-bond acceptors (Lipinski definition) is 5. The smallest absolute Gasteiger partial charge is 0.306 e. The fraction of sp³-hybridized carbons (Fsp3) is 0.211. The second-order valence-electron chi connectivity index (χ2n) is 5.66. The minimum Gasteiger partial charge on any atom is -0.456 e. The molecular formula is C19H17BrN2O3. The molecule has 0 saturated carbocycles. The third-order valence-corrected chi connectivity index (χ3v) is 4.46. The standard InChI is InChI=1S/C19H17BrN2O3/c1-13(14-7-3-2-4-8-14)11-18(23)24-12-17-21-22-19(25-17)15-9-5-6-10-16(15)20/h2-10,13H,11-12H2,1H3/t13-/m0/s1. The summed E-state index contributed by atoms with van der Waals surface area (Å²) in [4.78, 5) is 12.0. The summed E-state index contributed by atoms with van der Waals surface area (Å²) in [5, 5.41) is 7.92. The van der Waals surface area contributed by atoms with Crippen molar-refractivity contribution in [3.63, 3.8) is 0 Å². The van der Waals surface area contributed by atoms with Gasteiger partial charge in [-0.15, -0.1) is 10.2 Å². The molecule has 0 N–H and O–H groups in total. The summed E-state index contributed by atoms with van der Waals surface area (Å²) in [6.45, 7) is 1.96. The Bertz CT molecular complexity index is 849. The van der Waals surface area contributed by atoms with E-state index >= 15 is 0 Å². The van der Waals surface area contributed by atoms with Crippen LogP contribution in [0, 0.1) is 0 Å². The van der Waals surface area contributed by atoms with Crippen molar-refractivity contribution >= 4 is 21.9 Å². The van der Waals surface area contributed by atoms with Crippen LogP contribution in [0.15, 0.2) is 63.5 Å². The molecule has 0 spiro atoms. The highest BCUT2D eigenvalue weighted by Crippen LogP contribution is 2.26. The molecule has 0 unspecified atom stereocenters. The summed E-state index contributed by atoms with van der Waals surface area (Å²) >= 11 is 3.44. The number of carbonyl (C=O) groups is 1. The Labute approximate surface area is 154 Å². The van der Waals surface area contributed by atoms with Crippen LogP contribution in [0.25, 0.3) is 11.5 Å². The first-order valence-corrected chi connectivity index (χ1v) is 8.70. The average Bonchev–Trinajstić information content (AvgIpc) is 3.10. The first-order chi connectivity index (χ1) is 12.1. The molecule has 0 aliphatic rings. The van der Waals surface area contributed by atoms with E-state index in [1.807, 2.05) is 61.5 Å². The third kappa shape index (κ3) is 4.54. The van der Waals surface area contributed by atoms with Gasteiger partial charge in [0.1, 0.15) is 0 Å². The molecular weight excluding hydrogens is 384 g/mol. The van der Waals surface area contributed by atoms with Crippen LogP contribution in [0.1, 0.15) is 30.7 Å². The number of rotatable bonds is 6. The highest BCUT2D eigenvalue weighted by Gasteiger charge is 2.15. The maximum atomic E-state index is 12.0. The number of ether oxygens (including phenoxy) is 1. The Hall–Kier alpha value is -2.47. The van der Waals surface area contributed by atoms with Crippen molar-refractivity contribution in [3.8, 4) is 11.5 Å². The number of nitrogens with zero attached hydrogens (tertiary/aromatic N) is 2. The fourth-order valence-corrected chi connectivity index (χ4v) is 2.86. The second-order valence-corrected chi connectivity index (χ2v) is 6.51. The molecule has 5 nitrogen and oxygen atoms in total. The molecule has 0 fully saturated rings. The molecule has 128 valence electrons. The second kappa shape index (κ2) is 8.07. The Morgan fingerprint density at radius 3 is 2.60 bits per heavy atom. The predicted octanol–water partition coefficient (Wildman–Crippen LogP) is 4.74. The van der Waals surface area contributed by atoms with Gasteiger partial charge in [0.25, 0.3) is 5.89 Å². The number of aromatic nitrogens is 2. The fourth-order valence-electron chi connectivity index (χ4n) is 2.41. The van der Waals surface area contributed by atoms with Crippen molar-refractivity contribution in [2.24, 2.45) is 0 Å². The number of esters is 1. The van der Waals surface area contributed by atoms with E-state index in [-0.39, 0.29) is 24.4 Å². The number of carbonyl (C=O) groups excluding carboxylic acids is 1. The summed E-state index contributed by atoms with van der Waals surface area (Å²) in [6, 6.07) is 17.4. The number of benzene rings is 2. The van der Waals surface area contributed by atoms with E-state index in [1.165, 1.54) is 0 Å². The van der Waals surface area contributed by atoms with E-state index in [9.17, 15) is 4.79 Å². The molecule has 0 aliphatic heterocycles. The lowest BCUT2D eigenvalue weighted by atomic mass is 9.98. The van der Waals surface area contributed by atoms with E-state index in [4.69, 9.17) is 9.15 Å². The molecule has 25 heavy (non-hydrogen) atoms. The monoisotopic (exact) mass is 400 g/mol. The van der Waals surface area contributed by atoms with Crippen molar-refractivity contribution in [1.29, 1.82) is 0 Å². The van der Waals surface area contributed by atoms with Crippen LogP contribution in [0.5, 0.6) is 0 Å². The van der Waals surface area contributed by atoms with Gasteiger partial charge in [-0.1, -0.05) is 49.4 Å². The maximum Gasteiger partial charge on any atom is 0.306 e. The normalized spacial score (nSPS) is 11.9. The van der Waals surface area contributed by atoms with E-state index in [0.717, 1.165) is 15.6 Å². The average molecular weight is 401 g/mol. The minimum absolute atomic E-state index is 0.0300. The van der Waals surface area contributed by atoms with Gasteiger partial charge < -0.3 is 9.15 Å². The van der Waals surface area contributed by atoms with Crippen LogP contribution < -0.4 is 0 Å². The molecule has 2 aromatic carbocycles. The van der Waals surface area contributed by atoms with Gasteiger partial charge in [0, 0.05) is 4.47 Å². The predicted molar refractivity (Wildman–Crippen MR) is 96.7 cm³/mol. The van der Waals surface area contributed by atoms with Gasteiger partial charge in [0.15, 0.2) is 6.61 Å². The summed E-state index contributed by atoms with van der Waals surface area (Å²) in [7, 11) is 0. The quantitative estimate of drug-likeness (QED) is 0.559. The van der Waals surface area contributed by atoms with Gasteiger partial charge in [0.2, 0.25) is 5.89 Å². The topological polar surface area (TPSA) is 65.2 Å². The molecule has 1 aromatic heterocycles. The van der Waals surface area contributed by atoms with E-state index in [2.05, 4.69) is 26.1 Å². The highest BCUT2D eigenvalue weighted by molar-refractivity contribution is 9.10. The summed E-state index contributed by atoms with van der Waals surface area (Å²) in [5.41, 5.74) is 1.90. The SMILES string of the molecule is C[C@@H](CC(=O)OCc1nnc(-c2ccccc2Br)o1)c1ccccc1. The molecule has 1 atom stereocenters. The van der Waals surface area contributed by atoms with Crippen LogP contribution in [-0.4, -0.2) is 16.2 Å². The minimum atomic E-state index is -0.294. The van der Waals surface area contributed by atoms with Gasteiger partial charge >= 0.3 is 5.97 Å². The van der Waals surface area contributed by atoms with Gasteiger partial charge in [-0.3, -0.25) is 4.79 Å². The first-order valence-electron chi connectivity index (χ1n) is 7.91. The lowest BCUT2D eigenvalue weighted by Crippen LogP contribution is -2.08. The Morgan fingerprint density at radius 1 is 1.12 bits per heavy atom. The zero-order chi connectivity index (χ0) is 17.6. The Morgan fingerprint density at radius 2 is 1.84 bits per heavy atom. The van der Waals surface area contributed by atoms with Crippen LogP contribution in [0.3, 0.4) is 0 Å². The first kappa shape index (κ1) is 17.4. The van der Waals surface area contributed by atoms with Crippen molar-refractivity contribution in [3.05, 3.63) is 70.5 Å². The van der Waals surface area contributed by atoms with Gasteiger partial charge in [0.05, 0.1) is 12.0 Å². The van der Waals surface area contributed by atoms with Gasteiger partial charge in [-0.25, -0.2) is 0 Å².